The molecule has 0 radical (unpaired) electrons. The van der Waals surface area contributed by atoms with Crippen molar-refractivity contribution in [1.29, 1.82) is 0 Å². The van der Waals surface area contributed by atoms with Crippen LogP contribution in [0, 0.1) is 11.8 Å². The van der Waals surface area contributed by atoms with E-state index in [1.165, 1.54) is 4.90 Å². The Kier molecular flexibility index (Phi) is 9.28. The van der Waals surface area contributed by atoms with E-state index in [9.17, 15) is 39.6 Å². The van der Waals surface area contributed by atoms with Crippen molar-refractivity contribution in [3.05, 3.63) is 39.9 Å². The Labute approximate surface area is 246 Å². The zero-order chi connectivity index (χ0) is 32.8. The first-order chi connectivity index (χ1) is 19.9. The van der Waals surface area contributed by atoms with Gasteiger partial charge >= 0.3 is 10.4 Å². The second kappa shape index (κ2) is 11.9. The number of rotatable bonds is 7. The molecule has 0 bridgehead atoms. The van der Waals surface area contributed by atoms with Crippen molar-refractivity contribution in [3.63, 3.8) is 0 Å². The molecule has 0 aromatic heterocycles. The van der Waals surface area contributed by atoms with E-state index in [4.69, 9.17) is 23.3 Å². The minimum absolute atomic E-state index is 0.00144. The van der Waals surface area contributed by atoms with E-state index in [1.54, 1.807) is 20.2 Å². The monoisotopic (exact) mass is 626 g/mol. The van der Waals surface area contributed by atoms with Crippen molar-refractivity contribution in [3.8, 4) is 5.75 Å². The molecule has 0 spiro atoms. The van der Waals surface area contributed by atoms with Crippen LogP contribution in [0.15, 0.2) is 28.7 Å². The molecule has 4 rings (SSSR count). The molecule has 4 atom stereocenters. The number of aromatic hydroxyl groups is 1. The molecule has 236 valence electrons. The van der Waals surface area contributed by atoms with Gasteiger partial charge in [-0.3, -0.25) is 33.2 Å². The number of allylic oxidation sites excluding steroid dienone is 1. The first-order valence-corrected chi connectivity index (χ1v) is 14.4. The molecular formula is C26H34N4O12S. The van der Waals surface area contributed by atoms with E-state index in [0.717, 1.165) is 0 Å². The normalized spacial score (nSPS) is 24.9. The Hall–Kier alpha value is -4.03. The number of carbonyl (C=O) groups excluding carboxylic acids is 4. The summed E-state index contributed by atoms with van der Waals surface area (Å²) < 4.78 is 31.6. The van der Waals surface area contributed by atoms with E-state index in [0.29, 0.717) is 30.8 Å². The number of nitrogens with two attached hydrogens (primary N) is 1. The van der Waals surface area contributed by atoms with Gasteiger partial charge in [0.2, 0.25) is 12.2 Å². The maximum Gasteiger partial charge on any atom is 0.394 e. The van der Waals surface area contributed by atoms with Gasteiger partial charge in [0.05, 0.1) is 17.3 Å². The predicted octanol–water partition coefficient (Wildman–Crippen LogP) is -0.118. The average Bonchev–Trinajstić information content (AvgIpc) is 2.88. The summed E-state index contributed by atoms with van der Waals surface area (Å²) in [5, 5.41) is 47.3. The lowest BCUT2D eigenvalue weighted by Crippen LogP contribution is -2.63. The molecule has 0 heterocycles. The lowest BCUT2D eigenvalue weighted by Gasteiger charge is -2.50. The fourth-order valence-electron chi connectivity index (χ4n) is 6.32. The second-order valence-electron chi connectivity index (χ2n) is 10.5. The molecule has 0 aliphatic heterocycles. The van der Waals surface area contributed by atoms with Crippen LogP contribution >= 0.6 is 0 Å². The highest BCUT2D eigenvalue weighted by Gasteiger charge is 2.63. The third kappa shape index (κ3) is 5.68. The maximum atomic E-state index is 13.9. The van der Waals surface area contributed by atoms with Crippen LogP contribution in [0.3, 0.4) is 0 Å². The van der Waals surface area contributed by atoms with Crippen molar-refractivity contribution in [2.45, 2.75) is 38.3 Å². The number of Topliss-reactive ketones (excluding diaryl/α,β-unsaturated/α-hetero) is 2. The molecule has 2 amide bonds. The molecule has 16 nitrogen and oxygen atoms in total. The van der Waals surface area contributed by atoms with Crippen LogP contribution in [0.25, 0.3) is 0 Å². The largest absolute Gasteiger partial charge is 0.510 e. The molecule has 17 heteroatoms. The Morgan fingerprint density at radius 1 is 1.16 bits per heavy atom. The van der Waals surface area contributed by atoms with Gasteiger partial charge in [-0.1, -0.05) is 0 Å². The number of aliphatic hydroxyl groups excluding tert-OH is 2. The number of phenols is 1. The van der Waals surface area contributed by atoms with E-state index >= 15 is 0 Å². The fraction of sp³-hybridized carbons (Fsp3) is 0.462. The fourth-order valence-corrected chi connectivity index (χ4v) is 6.32. The van der Waals surface area contributed by atoms with Gasteiger partial charge in [0, 0.05) is 30.3 Å². The highest BCUT2D eigenvalue weighted by Crippen LogP contribution is 2.54. The lowest BCUT2D eigenvalue weighted by atomic mass is 9.58. The summed E-state index contributed by atoms with van der Waals surface area (Å²) in [5.74, 6) is -7.22. The summed E-state index contributed by atoms with van der Waals surface area (Å²) in [6.07, 6.45) is 0.522. The molecule has 1 aromatic rings. The van der Waals surface area contributed by atoms with Gasteiger partial charge in [0.1, 0.15) is 17.1 Å². The van der Waals surface area contributed by atoms with Crippen molar-refractivity contribution < 1.29 is 57.1 Å². The highest BCUT2D eigenvalue weighted by atomic mass is 32.3. The molecular weight excluding hydrogens is 592 g/mol. The summed E-state index contributed by atoms with van der Waals surface area (Å²) in [4.78, 5) is 54.0. The van der Waals surface area contributed by atoms with Crippen molar-refractivity contribution in [2.24, 2.45) is 17.6 Å². The van der Waals surface area contributed by atoms with Crippen LogP contribution in [0.4, 0.5) is 11.4 Å². The maximum absolute atomic E-state index is 13.9. The first kappa shape index (κ1) is 33.5. The second-order valence-corrected chi connectivity index (χ2v) is 11.4. The van der Waals surface area contributed by atoms with E-state index in [2.05, 4.69) is 5.32 Å². The first-order valence-electron chi connectivity index (χ1n) is 13.0. The number of likely N-dealkylation sites (N-methyl/N-ethyl adjacent to an activating group) is 1. The molecule has 9 N–H and O–H groups in total. The number of carbonyl (C=O) groups is 4. The summed E-state index contributed by atoms with van der Waals surface area (Å²) >= 11 is 0. The number of hydrogen-bond acceptors (Lipinski definition) is 12. The SMILES string of the molecule is CCN(CC)c1cc(NC=O)c(O)c2c1CC1CC3[C@H](N(C)C)C(O)=C(C(N)=O)C(=O)[C@@]3(O)C(O)=C1C2=O.O=S(=O)(O)O. The smallest absolute Gasteiger partial charge is 0.394 e. The van der Waals surface area contributed by atoms with Crippen LogP contribution < -0.4 is 16.0 Å². The minimum atomic E-state index is -4.67. The third-order valence-corrected chi connectivity index (χ3v) is 8.02. The van der Waals surface area contributed by atoms with Gasteiger partial charge in [-0.05, 0) is 58.3 Å². The average molecular weight is 627 g/mol. The molecule has 0 saturated carbocycles. The zero-order valence-corrected chi connectivity index (χ0v) is 24.5. The van der Waals surface area contributed by atoms with Gasteiger partial charge in [-0.15, -0.1) is 0 Å². The van der Waals surface area contributed by atoms with Gasteiger partial charge < -0.3 is 36.4 Å². The summed E-state index contributed by atoms with van der Waals surface area (Å²) in [5.41, 5.74) is 2.48. The molecule has 3 aliphatic rings. The summed E-state index contributed by atoms with van der Waals surface area (Å²) in [7, 11) is -1.52. The van der Waals surface area contributed by atoms with Crippen LogP contribution in [-0.2, 0) is 31.2 Å². The Morgan fingerprint density at radius 2 is 1.72 bits per heavy atom. The quantitative estimate of drug-likeness (QED) is 0.0849. The zero-order valence-electron chi connectivity index (χ0n) is 23.7. The number of nitrogens with zero attached hydrogens (tertiary/aromatic N) is 2. The molecule has 1 aromatic carbocycles. The van der Waals surface area contributed by atoms with Crippen LogP contribution in [0.5, 0.6) is 5.75 Å². The lowest BCUT2D eigenvalue weighted by molar-refractivity contribution is -0.148. The number of amides is 2. The number of phenolic OH excluding ortho intramolecular Hbond substituents is 1. The van der Waals surface area contributed by atoms with Gasteiger partial charge in [-0.2, -0.15) is 8.42 Å². The van der Waals surface area contributed by atoms with Crippen LogP contribution in [0.2, 0.25) is 0 Å². The number of nitrogens with one attached hydrogen (secondary N) is 1. The van der Waals surface area contributed by atoms with Crippen LogP contribution in [-0.4, -0.2) is 106 Å². The molecule has 3 aliphatic carbocycles. The molecule has 43 heavy (non-hydrogen) atoms. The third-order valence-electron chi connectivity index (χ3n) is 8.02. The summed E-state index contributed by atoms with van der Waals surface area (Å²) in [6, 6.07) is 0.520. The Morgan fingerprint density at radius 3 is 2.19 bits per heavy atom. The number of fused-ring (bicyclic) bond motifs is 3. The standard InChI is InChI=1S/C26H32N4O8.H2O4S/c1-5-30(6-2)15-9-14(28-10-31)20(32)17-12(15)7-11-8-13-19(29(3)4)22(34)18(25(27)37)24(36)26(13,38)23(35)16(11)21(17)33;1-5(2,3)4/h9-11,13,19,32,34-35,38H,5-8H2,1-4H3,(H2,27,37)(H,28,31);(H2,1,2,3,4)/t11?,13?,19-,26-;/m0./s1. The van der Waals surface area contributed by atoms with Crippen LogP contribution in [0.1, 0.15) is 36.2 Å². The number of anilines is 2. The van der Waals surface area contributed by atoms with E-state index < -0.39 is 74.2 Å². The molecule has 0 fully saturated rings. The topological polar surface area (TPSA) is 268 Å². The van der Waals surface area contributed by atoms with Gasteiger partial charge in [-0.25, -0.2) is 0 Å². The number of ketones is 2. The minimum Gasteiger partial charge on any atom is -0.510 e. The molecule has 0 saturated heterocycles. The van der Waals surface area contributed by atoms with Crippen molar-refractivity contribution >= 4 is 45.7 Å². The van der Waals surface area contributed by atoms with E-state index in [-0.39, 0.29) is 29.7 Å². The van der Waals surface area contributed by atoms with Gasteiger partial charge in [0.25, 0.3) is 5.91 Å². The predicted molar refractivity (Wildman–Crippen MR) is 151 cm³/mol. The van der Waals surface area contributed by atoms with E-state index in [1.807, 2.05) is 18.7 Å². The van der Waals surface area contributed by atoms with Crippen molar-refractivity contribution in [2.75, 3.05) is 37.4 Å². The van der Waals surface area contributed by atoms with Gasteiger partial charge in [0.15, 0.2) is 17.1 Å². The molecule has 2 unspecified atom stereocenters. The summed E-state index contributed by atoms with van der Waals surface area (Å²) in [6.45, 7) is 4.96. The Bertz CT molecular complexity index is 1540. The number of aliphatic hydroxyl groups is 3. The van der Waals surface area contributed by atoms with Crippen molar-refractivity contribution in [1.82, 2.24) is 4.90 Å². The number of benzene rings is 1. The number of primary amides is 1. The Balaban J connectivity index is 0.000000934. The number of hydrogen-bond donors (Lipinski definition) is 8. The highest BCUT2D eigenvalue weighted by molar-refractivity contribution is 7.79.